The first kappa shape index (κ1) is 13.9. The monoisotopic (exact) mass is 220 g/mol. The minimum Gasteiger partial charge on any atom is -0.233 e. The maximum atomic E-state index is 12.1. The van der Waals surface area contributed by atoms with Gasteiger partial charge in [0.15, 0.2) is 0 Å². The Morgan fingerprint density at radius 1 is 1.20 bits per heavy atom. The van der Waals surface area contributed by atoms with Gasteiger partial charge in [-0.25, -0.2) is 9.97 Å². The zero-order valence-electron chi connectivity index (χ0n) is 9.26. The molecule has 0 saturated heterocycles. The third-order valence-electron chi connectivity index (χ3n) is 1.52. The third kappa shape index (κ3) is 4.27. The van der Waals surface area contributed by atoms with Crippen LogP contribution in [0.2, 0.25) is 0 Å². The lowest BCUT2D eigenvalue weighted by Crippen LogP contribution is -2.12. The van der Waals surface area contributed by atoms with E-state index in [-0.39, 0.29) is 5.92 Å². The van der Waals surface area contributed by atoms with Crippen LogP contribution in [0.1, 0.15) is 45.1 Å². The van der Waals surface area contributed by atoms with Crippen LogP contribution in [0, 0.1) is 0 Å². The number of nitrogens with zero attached hydrogens (tertiary/aromatic N) is 2. The first-order valence-corrected chi connectivity index (χ1v) is 4.81. The van der Waals surface area contributed by atoms with Gasteiger partial charge in [0, 0.05) is 11.9 Å². The number of hydrogen-bond donors (Lipinski definition) is 0. The Morgan fingerprint density at radius 3 is 2.13 bits per heavy atom. The van der Waals surface area contributed by atoms with Gasteiger partial charge in [0.05, 0.1) is 0 Å². The van der Waals surface area contributed by atoms with Gasteiger partial charge >= 0.3 is 6.18 Å². The van der Waals surface area contributed by atoms with E-state index in [1.54, 1.807) is 13.8 Å². The molecular weight excluding hydrogens is 205 g/mol. The minimum atomic E-state index is -4.45. The van der Waals surface area contributed by atoms with Crippen LogP contribution in [0.3, 0.4) is 0 Å². The second-order valence-electron chi connectivity index (χ2n) is 2.96. The lowest BCUT2D eigenvalue weighted by Gasteiger charge is -2.07. The summed E-state index contributed by atoms with van der Waals surface area (Å²) in [5, 5.41) is 0. The Labute approximate surface area is 87.6 Å². The Kier molecular flexibility index (Phi) is 5.25. The fourth-order valence-electron chi connectivity index (χ4n) is 0.831. The van der Waals surface area contributed by atoms with E-state index < -0.39 is 12.0 Å². The molecule has 0 aliphatic carbocycles. The molecule has 0 radical (unpaired) electrons. The first-order valence-electron chi connectivity index (χ1n) is 4.81. The van der Waals surface area contributed by atoms with E-state index in [2.05, 4.69) is 9.97 Å². The predicted molar refractivity (Wildman–Crippen MR) is 52.5 cm³/mol. The number of halogens is 3. The summed E-state index contributed by atoms with van der Waals surface area (Å²) in [6, 6.07) is 1.49. The second kappa shape index (κ2) is 5.68. The van der Waals surface area contributed by atoms with E-state index in [1.165, 1.54) is 6.07 Å². The normalized spacial score (nSPS) is 10.9. The van der Waals surface area contributed by atoms with Crippen molar-refractivity contribution in [2.24, 2.45) is 0 Å². The molecule has 86 valence electrons. The highest BCUT2D eigenvalue weighted by Crippen LogP contribution is 2.26. The topological polar surface area (TPSA) is 25.8 Å². The lowest BCUT2D eigenvalue weighted by molar-refractivity contribution is -0.145. The van der Waals surface area contributed by atoms with Crippen molar-refractivity contribution in [2.45, 2.75) is 39.8 Å². The molecule has 0 aromatic carbocycles. The largest absolute Gasteiger partial charge is 0.451 e. The van der Waals surface area contributed by atoms with Crippen molar-refractivity contribution in [1.29, 1.82) is 0 Å². The van der Waals surface area contributed by atoms with Crippen molar-refractivity contribution in [2.75, 3.05) is 0 Å². The molecule has 1 aromatic rings. The second-order valence-corrected chi connectivity index (χ2v) is 2.96. The van der Waals surface area contributed by atoms with Gasteiger partial charge in [-0.2, -0.15) is 13.2 Å². The Morgan fingerprint density at radius 2 is 1.73 bits per heavy atom. The Balaban J connectivity index is 0.000000921. The van der Waals surface area contributed by atoms with E-state index in [0.717, 1.165) is 6.20 Å². The maximum Gasteiger partial charge on any atom is 0.451 e. The van der Waals surface area contributed by atoms with Gasteiger partial charge in [0.1, 0.15) is 0 Å². The SMILES string of the molecule is CC.CC(C)c1ccnc(C(F)(F)F)n1. The molecule has 0 fully saturated rings. The summed E-state index contributed by atoms with van der Waals surface area (Å²) in [6.07, 6.45) is -3.32. The molecule has 0 amide bonds. The summed E-state index contributed by atoms with van der Waals surface area (Å²) >= 11 is 0. The molecule has 1 aromatic heterocycles. The van der Waals surface area contributed by atoms with Crippen LogP contribution >= 0.6 is 0 Å². The van der Waals surface area contributed by atoms with Crippen molar-refractivity contribution in [1.82, 2.24) is 9.97 Å². The highest BCUT2D eigenvalue weighted by atomic mass is 19.4. The van der Waals surface area contributed by atoms with Crippen molar-refractivity contribution < 1.29 is 13.2 Å². The minimum absolute atomic E-state index is 0.0240. The summed E-state index contributed by atoms with van der Waals surface area (Å²) in [6.45, 7) is 7.56. The molecule has 5 heteroatoms. The standard InChI is InChI=1S/C8H9F3N2.C2H6/c1-5(2)6-3-4-12-7(13-6)8(9,10)11;1-2/h3-5H,1-2H3;1-2H3. The zero-order valence-corrected chi connectivity index (χ0v) is 9.26. The quantitative estimate of drug-likeness (QED) is 0.722. The Hall–Kier alpha value is -1.13. The van der Waals surface area contributed by atoms with Gasteiger partial charge in [-0.15, -0.1) is 0 Å². The molecule has 1 rings (SSSR count). The van der Waals surface area contributed by atoms with Gasteiger partial charge in [-0.05, 0) is 12.0 Å². The molecule has 0 unspecified atom stereocenters. The lowest BCUT2D eigenvalue weighted by atomic mass is 10.1. The number of rotatable bonds is 1. The van der Waals surface area contributed by atoms with E-state index in [4.69, 9.17) is 0 Å². The molecular formula is C10H15F3N2. The molecule has 0 bridgehead atoms. The molecule has 2 nitrogen and oxygen atoms in total. The highest BCUT2D eigenvalue weighted by molar-refractivity contribution is 5.07. The molecule has 0 spiro atoms. The molecule has 0 saturated carbocycles. The van der Waals surface area contributed by atoms with E-state index in [0.29, 0.717) is 5.69 Å². The maximum absolute atomic E-state index is 12.1. The van der Waals surface area contributed by atoms with Crippen LogP contribution < -0.4 is 0 Å². The number of alkyl halides is 3. The van der Waals surface area contributed by atoms with E-state index in [1.807, 2.05) is 13.8 Å². The molecule has 0 aliphatic heterocycles. The summed E-state index contributed by atoms with van der Waals surface area (Å²) in [5.41, 5.74) is 0.405. The third-order valence-corrected chi connectivity index (χ3v) is 1.52. The van der Waals surface area contributed by atoms with Gasteiger partial charge in [-0.3, -0.25) is 0 Å². The molecule has 0 N–H and O–H groups in total. The van der Waals surface area contributed by atoms with Gasteiger partial charge in [0.25, 0.3) is 0 Å². The first-order chi connectivity index (χ1) is 6.91. The van der Waals surface area contributed by atoms with E-state index >= 15 is 0 Å². The average molecular weight is 220 g/mol. The fourth-order valence-corrected chi connectivity index (χ4v) is 0.831. The summed E-state index contributed by atoms with van der Waals surface area (Å²) in [5.74, 6) is -1.09. The fraction of sp³-hybridized carbons (Fsp3) is 0.600. The summed E-state index contributed by atoms with van der Waals surface area (Å²) < 4.78 is 36.3. The summed E-state index contributed by atoms with van der Waals surface area (Å²) in [7, 11) is 0. The number of aromatic nitrogens is 2. The van der Waals surface area contributed by atoms with Crippen LogP contribution in [0.4, 0.5) is 13.2 Å². The van der Waals surface area contributed by atoms with Crippen molar-refractivity contribution in [3.63, 3.8) is 0 Å². The van der Waals surface area contributed by atoms with Crippen LogP contribution in [0.25, 0.3) is 0 Å². The molecule has 1 heterocycles. The van der Waals surface area contributed by atoms with Crippen LogP contribution in [-0.4, -0.2) is 9.97 Å². The van der Waals surface area contributed by atoms with Gasteiger partial charge < -0.3 is 0 Å². The van der Waals surface area contributed by atoms with Crippen LogP contribution in [-0.2, 0) is 6.18 Å². The van der Waals surface area contributed by atoms with E-state index in [9.17, 15) is 13.2 Å². The van der Waals surface area contributed by atoms with Gasteiger partial charge in [-0.1, -0.05) is 27.7 Å². The molecule has 0 aliphatic rings. The highest BCUT2D eigenvalue weighted by Gasteiger charge is 2.34. The van der Waals surface area contributed by atoms with Crippen molar-refractivity contribution >= 4 is 0 Å². The smallest absolute Gasteiger partial charge is 0.233 e. The molecule has 0 atom stereocenters. The average Bonchev–Trinajstić information content (AvgIpc) is 2.20. The molecule has 15 heavy (non-hydrogen) atoms. The number of hydrogen-bond acceptors (Lipinski definition) is 2. The van der Waals surface area contributed by atoms with Crippen molar-refractivity contribution in [3.8, 4) is 0 Å². The predicted octanol–water partition coefficient (Wildman–Crippen LogP) is 3.65. The van der Waals surface area contributed by atoms with Crippen molar-refractivity contribution in [3.05, 3.63) is 23.8 Å². The summed E-state index contributed by atoms with van der Waals surface area (Å²) in [4.78, 5) is 6.56. The van der Waals surface area contributed by atoms with Gasteiger partial charge in [0.2, 0.25) is 5.82 Å². The van der Waals surface area contributed by atoms with Crippen LogP contribution in [0.15, 0.2) is 12.3 Å². The zero-order chi connectivity index (χ0) is 12.1. The van der Waals surface area contributed by atoms with Crippen LogP contribution in [0.5, 0.6) is 0 Å². The Bertz CT molecular complexity index is 295.